The lowest BCUT2D eigenvalue weighted by Gasteiger charge is -2.30. The number of para-hydroxylation sites is 1. The minimum atomic E-state index is -3.23. The maximum atomic E-state index is 12.9. The van der Waals surface area contributed by atoms with Gasteiger partial charge in [0.25, 0.3) is 5.91 Å². The highest BCUT2D eigenvalue weighted by Crippen LogP contribution is 2.23. The smallest absolute Gasteiger partial charge is 0.253 e. The molecule has 0 unspecified atom stereocenters. The summed E-state index contributed by atoms with van der Waals surface area (Å²) in [5, 5.41) is 5.84. The van der Waals surface area contributed by atoms with Crippen molar-refractivity contribution in [3.8, 4) is 0 Å². The molecule has 1 saturated heterocycles. The number of anilines is 1. The van der Waals surface area contributed by atoms with Gasteiger partial charge in [0.1, 0.15) is 0 Å². The van der Waals surface area contributed by atoms with Gasteiger partial charge >= 0.3 is 0 Å². The van der Waals surface area contributed by atoms with Crippen molar-refractivity contribution in [1.82, 2.24) is 9.62 Å². The highest BCUT2D eigenvalue weighted by Gasteiger charge is 2.30. The van der Waals surface area contributed by atoms with E-state index in [1.165, 1.54) is 4.31 Å². The number of amides is 2. The lowest BCUT2D eigenvalue weighted by Crippen LogP contribution is -2.42. The maximum Gasteiger partial charge on any atom is 0.253 e. The summed E-state index contributed by atoms with van der Waals surface area (Å²) >= 11 is 0. The van der Waals surface area contributed by atoms with E-state index in [9.17, 15) is 18.0 Å². The summed E-state index contributed by atoms with van der Waals surface area (Å²) in [6.07, 6.45) is 0.926. The van der Waals surface area contributed by atoms with Crippen molar-refractivity contribution >= 4 is 27.5 Å². The molecule has 1 heterocycles. The predicted octanol–water partition coefficient (Wildman–Crippen LogP) is 3.18. The van der Waals surface area contributed by atoms with Crippen molar-refractivity contribution in [2.75, 3.05) is 24.2 Å². The third-order valence-corrected chi connectivity index (χ3v) is 7.54. The number of nitrogens with one attached hydrogen (secondary N) is 2. The molecule has 2 N–H and O–H groups in total. The molecule has 0 saturated carbocycles. The average Bonchev–Trinajstić information content (AvgIpc) is 2.80. The maximum absolute atomic E-state index is 12.9. The Labute approximate surface area is 183 Å². The van der Waals surface area contributed by atoms with E-state index in [0.29, 0.717) is 37.2 Å². The quantitative estimate of drug-likeness (QED) is 0.687. The molecule has 0 bridgehead atoms. The second-order valence-corrected chi connectivity index (χ2v) is 9.97. The first-order valence-corrected chi connectivity index (χ1v) is 12.2. The van der Waals surface area contributed by atoms with E-state index in [2.05, 4.69) is 10.6 Å². The highest BCUT2D eigenvalue weighted by molar-refractivity contribution is 7.89. The van der Waals surface area contributed by atoms with Crippen molar-refractivity contribution in [3.05, 3.63) is 65.7 Å². The van der Waals surface area contributed by atoms with E-state index in [4.69, 9.17) is 0 Å². The largest absolute Gasteiger partial charge is 0.345 e. The van der Waals surface area contributed by atoms with Crippen LogP contribution in [0.2, 0.25) is 0 Å². The van der Waals surface area contributed by atoms with Crippen LogP contribution in [0.5, 0.6) is 0 Å². The lowest BCUT2D eigenvalue weighted by molar-refractivity contribution is -0.120. The lowest BCUT2D eigenvalue weighted by atomic mass is 9.97. The van der Waals surface area contributed by atoms with E-state index in [1.54, 1.807) is 31.2 Å². The third kappa shape index (κ3) is 5.71. The Morgan fingerprint density at radius 3 is 2.29 bits per heavy atom. The number of benzene rings is 2. The Morgan fingerprint density at radius 1 is 1.03 bits per heavy atom. The van der Waals surface area contributed by atoms with Gasteiger partial charge in [-0.05, 0) is 44.4 Å². The predicted molar refractivity (Wildman–Crippen MR) is 121 cm³/mol. The first-order valence-electron chi connectivity index (χ1n) is 10.6. The van der Waals surface area contributed by atoms with E-state index in [0.717, 1.165) is 5.56 Å². The number of hydrogen-bond acceptors (Lipinski definition) is 4. The fourth-order valence-corrected chi connectivity index (χ4v) is 4.84. The van der Waals surface area contributed by atoms with Crippen molar-refractivity contribution in [2.24, 2.45) is 5.92 Å². The zero-order chi connectivity index (χ0) is 22.4. The molecule has 2 aromatic carbocycles. The third-order valence-electron chi connectivity index (χ3n) is 5.66. The van der Waals surface area contributed by atoms with Gasteiger partial charge in [0.05, 0.1) is 23.0 Å². The molecule has 3 rings (SSSR count). The minimum absolute atomic E-state index is 0.0632. The number of piperidine rings is 1. The molecule has 0 aliphatic carbocycles. The molecule has 2 amide bonds. The zero-order valence-electron chi connectivity index (χ0n) is 17.9. The molecule has 31 heavy (non-hydrogen) atoms. The van der Waals surface area contributed by atoms with Crippen LogP contribution in [-0.2, 0) is 14.8 Å². The van der Waals surface area contributed by atoms with Gasteiger partial charge in [-0.3, -0.25) is 9.59 Å². The fraction of sp³-hybridized carbons (Fsp3) is 0.391. The first kappa shape index (κ1) is 23.0. The normalized spacial score (nSPS) is 16.5. The van der Waals surface area contributed by atoms with E-state index in [-0.39, 0.29) is 29.5 Å². The highest BCUT2D eigenvalue weighted by atomic mass is 32.2. The number of hydrogen-bond donors (Lipinski definition) is 2. The van der Waals surface area contributed by atoms with E-state index >= 15 is 0 Å². The summed E-state index contributed by atoms with van der Waals surface area (Å²) in [5.41, 5.74) is 1.84. The van der Waals surface area contributed by atoms with Crippen LogP contribution in [-0.4, -0.2) is 43.4 Å². The molecule has 0 spiro atoms. The standard InChI is InChI=1S/C23H29N3O4S/c1-3-31(29,30)26-15-13-19(14-16-26)22(27)25-21-12-8-7-11-20(21)23(28)24-17(2)18-9-5-4-6-10-18/h4-12,17,19H,3,13-16H2,1-2H3,(H,24,28)(H,25,27)/t17-/m0/s1. The molecule has 1 fully saturated rings. The van der Waals surface area contributed by atoms with Gasteiger partial charge in [0.2, 0.25) is 15.9 Å². The van der Waals surface area contributed by atoms with Crippen molar-refractivity contribution in [1.29, 1.82) is 0 Å². The van der Waals surface area contributed by atoms with E-state index < -0.39 is 10.0 Å². The molecule has 0 aromatic heterocycles. The van der Waals surface area contributed by atoms with Crippen molar-refractivity contribution in [3.63, 3.8) is 0 Å². The minimum Gasteiger partial charge on any atom is -0.345 e. The van der Waals surface area contributed by atoms with Crippen LogP contribution < -0.4 is 10.6 Å². The number of sulfonamides is 1. The molecule has 1 aliphatic heterocycles. The SMILES string of the molecule is CCS(=O)(=O)N1CCC(C(=O)Nc2ccccc2C(=O)N[C@@H](C)c2ccccc2)CC1. The van der Waals surface area contributed by atoms with E-state index in [1.807, 2.05) is 37.3 Å². The van der Waals surface area contributed by atoms with Crippen molar-refractivity contribution in [2.45, 2.75) is 32.7 Å². The summed E-state index contributed by atoms with van der Waals surface area (Å²) in [6.45, 7) is 4.21. The van der Waals surface area contributed by atoms with Gasteiger partial charge in [-0.2, -0.15) is 0 Å². The molecular formula is C23H29N3O4S. The Hall–Kier alpha value is -2.71. The molecule has 2 aromatic rings. The first-order chi connectivity index (χ1) is 14.8. The molecule has 0 radical (unpaired) electrons. The van der Waals surface area contributed by atoms with Crippen LogP contribution in [0.25, 0.3) is 0 Å². The second-order valence-electron chi connectivity index (χ2n) is 7.71. The van der Waals surface area contributed by atoms with Gasteiger partial charge in [-0.25, -0.2) is 12.7 Å². The second kappa shape index (κ2) is 10.1. The monoisotopic (exact) mass is 443 g/mol. The Bertz CT molecular complexity index is 1020. The Kier molecular flexibility index (Phi) is 7.46. The molecular weight excluding hydrogens is 414 g/mol. The fourth-order valence-electron chi connectivity index (χ4n) is 3.70. The number of carbonyl (C=O) groups excluding carboxylic acids is 2. The van der Waals surface area contributed by atoms with Crippen LogP contribution in [0.1, 0.15) is 48.7 Å². The van der Waals surface area contributed by atoms with Gasteiger partial charge in [0.15, 0.2) is 0 Å². The van der Waals surface area contributed by atoms with Crippen LogP contribution in [0.4, 0.5) is 5.69 Å². The van der Waals surface area contributed by atoms with Crippen LogP contribution >= 0.6 is 0 Å². The summed E-state index contributed by atoms with van der Waals surface area (Å²) in [5.74, 6) is -0.683. The summed E-state index contributed by atoms with van der Waals surface area (Å²) < 4.78 is 25.5. The van der Waals surface area contributed by atoms with Crippen molar-refractivity contribution < 1.29 is 18.0 Å². The summed E-state index contributed by atoms with van der Waals surface area (Å²) in [4.78, 5) is 25.7. The molecule has 1 atom stereocenters. The molecule has 7 nitrogen and oxygen atoms in total. The molecule has 8 heteroatoms. The van der Waals surface area contributed by atoms with Gasteiger partial charge < -0.3 is 10.6 Å². The molecule has 166 valence electrons. The van der Waals surface area contributed by atoms with Gasteiger partial charge in [0, 0.05) is 19.0 Å². The Balaban J connectivity index is 1.64. The number of nitrogens with zero attached hydrogens (tertiary/aromatic N) is 1. The Morgan fingerprint density at radius 2 is 1.65 bits per heavy atom. The number of carbonyl (C=O) groups is 2. The van der Waals surface area contributed by atoms with Crippen LogP contribution in [0.15, 0.2) is 54.6 Å². The zero-order valence-corrected chi connectivity index (χ0v) is 18.7. The van der Waals surface area contributed by atoms with Crippen LogP contribution in [0, 0.1) is 5.92 Å². The number of rotatable bonds is 7. The average molecular weight is 444 g/mol. The topological polar surface area (TPSA) is 95.6 Å². The molecule has 1 aliphatic rings. The summed E-state index contributed by atoms with van der Waals surface area (Å²) in [7, 11) is -3.23. The van der Waals surface area contributed by atoms with Crippen LogP contribution in [0.3, 0.4) is 0 Å². The van der Waals surface area contributed by atoms with Gasteiger partial charge in [-0.15, -0.1) is 0 Å². The van der Waals surface area contributed by atoms with Gasteiger partial charge in [-0.1, -0.05) is 42.5 Å². The summed E-state index contributed by atoms with van der Waals surface area (Å²) in [6, 6.07) is 16.4.